The predicted molar refractivity (Wildman–Crippen MR) is 152 cm³/mol. The monoisotopic (exact) mass is 528 g/mol. The Morgan fingerprint density at radius 1 is 0.821 bits per heavy atom. The lowest BCUT2D eigenvalue weighted by Gasteiger charge is -2.15. The third kappa shape index (κ3) is 8.93. The van der Waals surface area contributed by atoms with Gasteiger partial charge in [0.25, 0.3) is 0 Å². The molecule has 1 atom stereocenters. The van der Waals surface area contributed by atoms with Crippen molar-refractivity contribution < 1.29 is 28.5 Å². The smallest absolute Gasteiger partial charge is 0.347 e. The fourth-order valence-electron chi connectivity index (χ4n) is 4.06. The zero-order valence-corrected chi connectivity index (χ0v) is 23.1. The van der Waals surface area contributed by atoms with Crippen molar-refractivity contribution in [2.75, 3.05) is 13.7 Å². The summed E-state index contributed by atoms with van der Waals surface area (Å²) in [6.45, 7) is 6.80. The maximum Gasteiger partial charge on any atom is 0.347 e. The SMILES string of the molecule is CC#Cc1ccc(OC(=O)c2ccc(OC(=O)c3ccc(OCCC(CC)CCCC)cc3OC)cc2)cc1. The minimum atomic E-state index is -0.574. The van der Waals surface area contributed by atoms with Crippen LogP contribution in [0.4, 0.5) is 0 Å². The van der Waals surface area contributed by atoms with Gasteiger partial charge in [-0.25, -0.2) is 9.59 Å². The zero-order chi connectivity index (χ0) is 28.0. The molecule has 6 heteroatoms. The van der Waals surface area contributed by atoms with Gasteiger partial charge in [0.2, 0.25) is 0 Å². The molecule has 0 spiro atoms. The quantitative estimate of drug-likeness (QED) is 0.130. The molecule has 0 radical (unpaired) electrons. The van der Waals surface area contributed by atoms with Crippen molar-refractivity contribution in [2.45, 2.75) is 52.9 Å². The van der Waals surface area contributed by atoms with Gasteiger partial charge in [0.1, 0.15) is 28.6 Å². The highest BCUT2D eigenvalue weighted by atomic mass is 16.5. The van der Waals surface area contributed by atoms with Crippen molar-refractivity contribution >= 4 is 11.9 Å². The lowest BCUT2D eigenvalue weighted by molar-refractivity contribution is 0.0728. The first kappa shape index (κ1) is 29.3. The van der Waals surface area contributed by atoms with Crippen LogP contribution in [0, 0.1) is 17.8 Å². The molecule has 6 nitrogen and oxygen atoms in total. The summed E-state index contributed by atoms with van der Waals surface area (Å²) in [6, 6.07) is 18.2. The maximum absolute atomic E-state index is 12.8. The summed E-state index contributed by atoms with van der Waals surface area (Å²) in [5.41, 5.74) is 1.44. The van der Waals surface area contributed by atoms with Crippen LogP contribution in [0.2, 0.25) is 0 Å². The van der Waals surface area contributed by atoms with Crippen molar-refractivity contribution in [1.29, 1.82) is 0 Å². The van der Waals surface area contributed by atoms with Gasteiger partial charge in [0, 0.05) is 11.6 Å². The van der Waals surface area contributed by atoms with E-state index < -0.39 is 11.9 Å². The molecular weight excluding hydrogens is 492 g/mol. The summed E-state index contributed by atoms with van der Waals surface area (Å²) >= 11 is 0. The lowest BCUT2D eigenvalue weighted by atomic mass is 9.96. The average molecular weight is 529 g/mol. The number of carbonyl (C=O) groups excluding carboxylic acids is 2. The van der Waals surface area contributed by atoms with Crippen LogP contribution >= 0.6 is 0 Å². The Morgan fingerprint density at radius 3 is 2.08 bits per heavy atom. The number of benzene rings is 3. The van der Waals surface area contributed by atoms with E-state index in [0.717, 1.165) is 18.4 Å². The first-order chi connectivity index (χ1) is 19.0. The molecule has 3 aromatic rings. The highest BCUT2D eigenvalue weighted by Crippen LogP contribution is 2.27. The normalized spacial score (nSPS) is 11.1. The van der Waals surface area contributed by atoms with E-state index in [1.807, 2.05) is 0 Å². The van der Waals surface area contributed by atoms with E-state index in [4.69, 9.17) is 18.9 Å². The number of methoxy groups -OCH3 is 1. The van der Waals surface area contributed by atoms with Gasteiger partial charge in [-0.3, -0.25) is 0 Å². The van der Waals surface area contributed by atoms with Crippen LogP contribution in [0.5, 0.6) is 23.0 Å². The summed E-state index contributed by atoms with van der Waals surface area (Å²) in [4.78, 5) is 25.3. The number of rotatable bonds is 13. The number of hydrogen-bond donors (Lipinski definition) is 0. The van der Waals surface area contributed by atoms with Crippen molar-refractivity contribution in [3.8, 4) is 34.8 Å². The van der Waals surface area contributed by atoms with E-state index in [1.54, 1.807) is 73.7 Å². The highest BCUT2D eigenvalue weighted by molar-refractivity contribution is 5.94. The first-order valence-corrected chi connectivity index (χ1v) is 13.3. The van der Waals surface area contributed by atoms with Crippen LogP contribution in [-0.4, -0.2) is 25.7 Å². The second kappa shape index (κ2) is 15.2. The Labute approximate surface area is 231 Å². The minimum Gasteiger partial charge on any atom is -0.496 e. The summed E-state index contributed by atoms with van der Waals surface area (Å²) in [5.74, 6) is 7.03. The first-order valence-electron chi connectivity index (χ1n) is 13.3. The molecule has 1 unspecified atom stereocenters. The summed E-state index contributed by atoms with van der Waals surface area (Å²) < 4.78 is 22.3. The Kier molecular flexibility index (Phi) is 11.5. The van der Waals surface area contributed by atoms with Crippen LogP contribution < -0.4 is 18.9 Å². The Morgan fingerprint density at radius 2 is 1.46 bits per heavy atom. The minimum absolute atomic E-state index is 0.277. The van der Waals surface area contributed by atoms with E-state index in [2.05, 4.69) is 25.7 Å². The van der Waals surface area contributed by atoms with E-state index >= 15 is 0 Å². The molecule has 0 amide bonds. The van der Waals surface area contributed by atoms with Gasteiger partial charge in [0.15, 0.2) is 0 Å². The average Bonchev–Trinajstić information content (AvgIpc) is 2.96. The Balaban J connectivity index is 1.57. The molecular formula is C33H36O6. The maximum atomic E-state index is 12.8. The Hall–Kier alpha value is -4.24. The molecule has 0 aliphatic rings. The second-order valence-electron chi connectivity index (χ2n) is 9.12. The highest BCUT2D eigenvalue weighted by Gasteiger charge is 2.17. The van der Waals surface area contributed by atoms with Crippen molar-refractivity contribution in [2.24, 2.45) is 5.92 Å². The molecule has 39 heavy (non-hydrogen) atoms. The van der Waals surface area contributed by atoms with Gasteiger partial charge in [-0.1, -0.05) is 45.5 Å². The third-order valence-corrected chi connectivity index (χ3v) is 6.37. The van der Waals surface area contributed by atoms with E-state index in [-0.39, 0.29) is 5.56 Å². The lowest BCUT2D eigenvalue weighted by Crippen LogP contribution is -2.12. The molecule has 0 N–H and O–H groups in total. The van der Waals surface area contributed by atoms with Gasteiger partial charge in [-0.05, 0) is 79.9 Å². The number of unbranched alkanes of at least 4 members (excludes halogenated alkanes) is 1. The van der Waals surface area contributed by atoms with E-state index in [9.17, 15) is 9.59 Å². The van der Waals surface area contributed by atoms with Crippen LogP contribution in [-0.2, 0) is 0 Å². The molecule has 0 saturated heterocycles. The molecule has 0 aromatic heterocycles. The predicted octanol–water partition coefficient (Wildman–Crippen LogP) is 7.49. The molecule has 0 aliphatic carbocycles. The standard InChI is InChI=1S/C33H36O6/c1-5-8-10-24(7-3)21-22-37-29-19-20-30(31(23-29)36-4)33(35)39-28-17-13-26(14-18-28)32(34)38-27-15-11-25(9-6-2)12-16-27/h11-20,23-24H,5,7-8,10,21-22H2,1-4H3. The van der Waals surface area contributed by atoms with Crippen LogP contribution in [0.25, 0.3) is 0 Å². The topological polar surface area (TPSA) is 71.1 Å². The van der Waals surface area contributed by atoms with Crippen LogP contribution in [0.1, 0.15) is 79.2 Å². The van der Waals surface area contributed by atoms with Crippen molar-refractivity contribution in [1.82, 2.24) is 0 Å². The van der Waals surface area contributed by atoms with Crippen LogP contribution in [0.15, 0.2) is 66.7 Å². The number of hydrogen-bond acceptors (Lipinski definition) is 6. The van der Waals surface area contributed by atoms with Crippen molar-refractivity contribution in [3.63, 3.8) is 0 Å². The number of ether oxygens (including phenoxy) is 4. The summed E-state index contributed by atoms with van der Waals surface area (Å²) in [7, 11) is 1.50. The molecule has 204 valence electrons. The molecule has 3 aromatic carbocycles. The van der Waals surface area contributed by atoms with Gasteiger partial charge in [0.05, 0.1) is 19.3 Å². The van der Waals surface area contributed by atoms with Crippen LogP contribution in [0.3, 0.4) is 0 Å². The number of carbonyl (C=O) groups is 2. The van der Waals surface area contributed by atoms with Gasteiger partial charge >= 0.3 is 11.9 Å². The number of esters is 2. The summed E-state index contributed by atoms with van der Waals surface area (Å²) in [6.07, 6.45) is 5.79. The zero-order valence-electron chi connectivity index (χ0n) is 23.1. The van der Waals surface area contributed by atoms with E-state index in [1.165, 1.54) is 26.4 Å². The largest absolute Gasteiger partial charge is 0.496 e. The molecule has 0 saturated carbocycles. The fraction of sp³-hybridized carbons (Fsp3) is 0.333. The molecule has 0 fully saturated rings. The van der Waals surface area contributed by atoms with E-state index in [0.29, 0.717) is 41.1 Å². The van der Waals surface area contributed by atoms with Crippen molar-refractivity contribution in [3.05, 3.63) is 83.4 Å². The van der Waals surface area contributed by atoms with Gasteiger partial charge in [-0.15, -0.1) is 5.92 Å². The molecule has 0 bridgehead atoms. The fourth-order valence-corrected chi connectivity index (χ4v) is 4.06. The summed E-state index contributed by atoms with van der Waals surface area (Å²) in [5, 5.41) is 0. The molecule has 0 aliphatic heterocycles. The molecule has 0 heterocycles. The van der Waals surface area contributed by atoms with Gasteiger partial charge in [-0.2, -0.15) is 0 Å². The third-order valence-electron chi connectivity index (χ3n) is 6.37. The second-order valence-corrected chi connectivity index (χ2v) is 9.12. The Bertz CT molecular complexity index is 1280. The molecule has 3 rings (SSSR count). The van der Waals surface area contributed by atoms with Gasteiger partial charge < -0.3 is 18.9 Å².